The van der Waals surface area contributed by atoms with Crippen molar-refractivity contribution in [3.05, 3.63) is 42.2 Å². The maximum Gasteiger partial charge on any atom is 0.270 e. The second-order valence-electron chi connectivity index (χ2n) is 5.07. The summed E-state index contributed by atoms with van der Waals surface area (Å²) in [6.45, 7) is 2.34. The third kappa shape index (κ3) is 3.39. The van der Waals surface area contributed by atoms with Crippen LogP contribution in [-0.4, -0.2) is 29.0 Å². The zero-order valence-electron chi connectivity index (χ0n) is 11.8. The van der Waals surface area contributed by atoms with E-state index in [-0.39, 0.29) is 5.91 Å². The number of piperidine rings is 1. The van der Waals surface area contributed by atoms with Gasteiger partial charge in [-0.3, -0.25) is 4.79 Å². The summed E-state index contributed by atoms with van der Waals surface area (Å²) in [7, 11) is 0. The minimum Gasteiger partial charge on any atom is -0.467 e. The van der Waals surface area contributed by atoms with E-state index in [1.807, 2.05) is 6.07 Å². The van der Waals surface area contributed by atoms with E-state index in [1.165, 1.54) is 25.6 Å². The van der Waals surface area contributed by atoms with E-state index in [9.17, 15) is 4.79 Å². The van der Waals surface area contributed by atoms with E-state index in [4.69, 9.17) is 4.42 Å². The number of hydrogen-bond acceptors (Lipinski definition) is 5. The minimum atomic E-state index is -0.216. The molecule has 110 valence electrons. The Labute approximate surface area is 123 Å². The quantitative estimate of drug-likeness (QED) is 0.930. The fraction of sp³-hybridized carbons (Fsp3) is 0.400. The molecule has 6 nitrogen and oxygen atoms in total. The van der Waals surface area contributed by atoms with Gasteiger partial charge in [0.2, 0.25) is 0 Å². The molecule has 0 spiro atoms. The Morgan fingerprint density at radius 3 is 2.90 bits per heavy atom. The molecule has 1 N–H and O–H groups in total. The first-order valence-electron chi connectivity index (χ1n) is 7.20. The highest BCUT2D eigenvalue weighted by molar-refractivity contribution is 5.92. The van der Waals surface area contributed by atoms with E-state index in [2.05, 4.69) is 20.2 Å². The summed E-state index contributed by atoms with van der Waals surface area (Å²) in [4.78, 5) is 22.6. The topological polar surface area (TPSA) is 71.3 Å². The van der Waals surface area contributed by atoms with Crippen LogP contribution in [0.3, 0.4) is 0 Å². The Morgan fingerprint density at radius 2 is 2.14 bits per heavy atom. The van der Waals surface area contributed by atoms with Crippen LogP contribution < -0.4 is 10.2 Å². The summed E-state index contributed by atoms with van der Waals surface area (Å²) in [5.41, 5.74) is 0.386. The van der Waals surface area contributed by atoms with Gasteiger partial charge in [0, 0.05) is 19.2 Å². The summed E-state index contributed by atoms with van der Waals surface area (Å²) < 4.78 is 5.18. The van der Waals surface area contributed by atoms with Gasteiger partial charge < -0.3 is 14.6 Å². The fourth-order valence-corrected chi connectivity index (χ4v) is 2.44. The van der Waals surface area contributed by atoms with Crippen molar-refractivity contribution in [2.24, 2.45) is 0 Å². The minimum absolute atomic E-state index is 0.216. The zero-order valence-corrected chi connectivity index (χ0v) is 11.8. The Kier molecular flexibility index (Phi) is 4.14. The van der Waals surface area contributed by atoms with Gasteiger partial charge in [-0.25, -0.2) is 9.97 Å². The summed E-state index contributed by atoms with van der Waals surface area (Å²) in [6.07, 6.45) is 6.64. The molecular formula is C15H18N4O2. The number of rotatable bonds is 4. The third-order valence-electron chi connectivity index (χ3n) is 3.57. The molecule has 1 fully saturated rings. The van der Waals surface area contributed by atoms with Gasteiger partial charge in [0.25, 0.3) is 5.91 Å². The second kappa shape index (κ2) is 6.39. The Hall–Kier alpha value is -2.37. The van der Waals surface area contributed by atoms with Crippen LogP contribution in [0.2, 0.25) is 0 Å². The molecular weight excluding hydrogens is 268 g/mol. The summed E-state index contributed by atoms with van der Waals surface area (Å²) >= 11 is 0. The van der Waals surface area contributed by atoms with Crippen molar-refractivity contribution in [1.29, 1.82) is 0 Å². The lowest BCUT2D eigenvalue weighted by molar-refractivity contribution is 0.0943. The van der Waals surface area contributed by atoms with Crippen LogP contribution in [0.15, 0.2) is 35.2 Å². The number of nitrogens with one attached hydrogen (secondary N) is 1. The second-order valence-corrected chi connectivity index (χ2v) is 5.07. The normalized spacial score (nSPS) is 15.0. The standard InChI is InChI=1S/C15H18N4O2/c20-15(16-10-12-5-4-8-21-12)13-9-14(18-11-17-13)19-6-2-1-3-7-19/h4-5,8-9,11H,1-3,6-7,10H2,(H,16,20). The average Bonchev–Trinajstić information content (AvgIpc) is 3.07. The number of carbonyl (C=O) groups excluding carboxylic acids is 1. The molecule has 2 aromatic rings. The van der Waals surface area contributed by atoms with Crippen molar-refractivity contribution in [1.82, 2.24) is 15.3 Å². The zero-order chi connectivity index (χ0) is 14.5. The molecule has 21 heavy (non-hydrogen) atoms. The summed E-state index contributed by atoms with van der Waals surface area (Å²) in [5, 5.41) is 2.79. The average molecular weight is 286 g/mol. The molecule has 0 bridgehead atoms. The van der Waals surface area contributed by atoms with Gasteiger partial charge in [-0.05, 0) is 31.4 Å². The Morgan fingerprint density at radius 1 is 1.29 bits per heavy atom. The smallest absolute Gasteiger partial charge is 0.270 e. The first-order valence-corrected chi connectivity index (χ1v) is 7.20. The van der Waals surface area contributed by atoms with Crippen LogP contribution in [0, 0.1) is 0 Å². The van der Waals surface area contributed by atoms with Crippen LogP contribution in [0.5, 0.6) is 0 Å². The highest BCUT2D eigenvalue weighted by Crippen LogP contribution is 2.17. The van der Waals surface area contributed by atoms with E-state index >= 15 is 0 Å². The maximum atomic E-state index is 12.1. The summed E-state index contributed by atoms with van der Waals surface area (Å²) in [6, 6.07) is 5.36. The van der Waals surface area contributed by atoms with Gasteiger partial charge in [0.05, 0.1) is 12.8 Å². The molecule has 0 aromatic carbocycles. The number of nitrogens with zero attached hydrogens (tertiary/aromatic N) is 3. The number of anilines is 1. The molecule has 1 aliphatic heterocycles. The predicted octanol–water partition coefficient (Wildman–Crippen LogP) is 1.99. The molecule has 1 amide bonds. The molecule has 0 radical (unpaired) electrons. The Bertz CT molecular complexity index is 591. The first-order chi connectivity index (χ1) is 10.3. The number of aromatic nitrogens is 2. The van der Waals surface area contributed by atoms with Crippen molar-refractivity contribution in [3.8, 4) is 0 Å². The van der Waals surface area contributed by atoms with Gasteiger partial charge in [-0.2, -0.15) is 0 Å². The number of amides is 1. The van der Waals surface area contributed by atoms with Crippen LogP contribution in [0.25, 0.3) is 0 Å². The van der Waals surface area contributed by atoms with E-state index in [0.29, 0.717) is 18.0 Å². The van der Waals surface area contributed by atoms with E-state index < -0.39 is 0 Å². The number of hydrogen-bond donors (Lipinski definition) is 1. The maximum absolute atomic E-state index is 12.1. The van der Waals surface area contributed by atoms with Gasteiger partial charge in [0.15, 0.2) is 0 Å². The van der Waals surface area contributed by atoms with Crippen molar-refractivity contribution in [3.63, 3.8) is 0 Å². The highest BCUT2D eigenvalue weighted by Gasteiger charge is 2.15. The van der Waals surface area contributed by atoms with Gasteiger partial charge >= 0.3 is 0 Å². The van der Waals surface area contributed by atoms with Crippen molar-refractivity contribution in [2.75, 3.05) is 18.0 Å². The molecule has 1 saturated heterocycles. The summed E-state index contributed by atoms with van der Waals surface area (Å²) in [5.74, 6) is 1.33. The molecule has 6 heteroatoms. The fourth-order valence-electron chi connectivity index (χ4n) is 2.44. The van der Waals surface area contributed by atoms with Crippen molar-refractivity contribution >= 4 is 11.7 Å². The van der Waals surface area contributed by atoms with E-state index in [1.54, 1.807) is 18.4 Å². The largest absolute Gasteiger partial charge is 0.467 e. The molecule has 0 atom stereocenters. The lowest BCUT2D eigenvalue weighted by Crippen LogP contribution is -2.31. The molecule has 3 rings (SSSR count). The number of furan rings is 1. The lowest BCUT2D eigenvalue weighted by Gasteiger charge is -2.27. The van der Waals surface area contributed by atoms with Crippen LogP contribution >= 0.6 is 0 Å². The van der Waals surface area contributed by atoms with Crippen LogP contribution in [0.1, 0.15) is 35.5 Å². The van der Waals surface area contributed by atoms with Crippen LogP contribution in [0.4, 0.5) is 5.82 Å². The number of carbonyl (C=O) groups is 1. The molecule has 1 aliphatic rings. The SMILES string of the molecule is O=C(NCc1ccco1)c1cc(N2CCCCC2)ncn1. The molecule has 2 aromatic heterocycles. The van der Waals surface area contributed by atoms with Crippen molar-refractivity contribution < 1.29 is 9.21 Å². The molecule has 0 unspecified atom stereocenters. The van der Waals surface area contributed by atoms with E-state index in [0.717, 1.165) is 18.9 Å². The predicted molar refractivity (Wildman–Crippen MR) is 78.0 cm³/mol. The molecule has 0 saturated carbocycles. The molecule has 0 aliphatic carbocycles. The lowest BCUT2D eigenvalue weighted by atomic mass is 10.1. The third-order valence-corrected chi connectivity index (χ3v) is 3.57. The monoisotopic (exact) mass is 286 g/mol. The van der Waals surface area contributed by atoms with Gasteiger partial charge in [-0.15, -0.1) is 0 Å². The van der Waals surface area contributed by atoms with Gasteiger partial charge in [0.1, 0.15) is 23.6 Å². The van der Waals surface area contributed by atoms with Crippen LogP contribution in [-0.2, 0) is 6.54 Å². The van der Waals surface area contributed by atoms with Gasteiger partial charge in [-0.1, -0.05) is 0 Å². The first kappa shape index (κ1) is 13.6. The Balaban J connectivity index is 1.65. The highest BCUT2D eigenvalue weighted by atomic mass is 16.3. The van der Waals surface area contributed by atoms with Crippen molar-refractivity contribution in [2.45, 2.75) is 25.8 Å². The molecule has 3 heterocycles.